The monoisotopic (exact) mass is 499 g/mol. The Bertz CT molecular complexity index is 1080. The van der Waals surface area contributed by atoms with Crippen molar-refractivity contribution in [1.29, 1.82) is 0 Å². The van der Waals surface area contributed by atoms with E-state index in [1.165, 1.54) is 25.3 Å². The number of pyridine rings is 1. The molecule has 3 aromatic rings. The number of halogens is 2. The normalized spacial score (nSPS) is 22.0. The minimum Gasteiger partial charge on any atom is -0.459 e. The molecule has 0 spiro atoms. The number of nitrogens with one attached hydrogen (secondary N) is 1. The lowest BCUT2D eigenvalue weighted by Gasteiger charge is -2.36. The molecule has 2 atom stereocenters. The van der Waals surface area contributed by atoms with Crippen LogP contribution in [0.1, 0.15) is 55.6 Å². The van der Waals surface area contributed by atoms with Crippen molar-refractivity contribution in [3.63, 3.8) is 0 Å². The Kier molecular flexibility index (Phi) is 5.80. The third-order valence-electron chi connectivity index (χ3n) is 6.22. The smallest absolute Gasteiger partial charge is 0.170 e. The highest BCUT2D eigenvalue weighted by Gasteiger charge is 2.44. The van der Waals surface area contributed by atoms with Crippen molar-refractivity contribution in [3.05, 3.63) is 76.5 Å². The van der Waals surface area contributed by atoms with Crippen LogP contribution in [0.4, 0.5) is 4.39 Å². The fourth-order valence-electron chi connectivity index (χ4n) is 4.77. The summed E-state index contributed by atoms with van der Waals surface area (Å²) in [5.41, 5.74) is 1.36. The molecule has 0 radical (unpaired) electrons. The van der Waals surface area contributed by atoms with Crippen LogP contribution in [0, 0.1) is 5.82 Å². The molecular formula is C24H23BrFN3OS. The molecule has 1 saturated heterocycles. The lowest BCUT2D eigenvalue weighted by molar-refractivity contribution is 0.179. The number of furan rings is 1. The molecule has 5 rings (SSSR count). The van der Waals surface area contributed by atoms with Crippen LogP contribution in [0.3, 0.4) is 0 Å². The summed E-state index contributed by atoms with van der Waals surface area (Å²) >= 11 is 9.10. The number of aromatic nitrogens is 1. The van der Waals surface area contributed by atoms with Crippen molar-refractivity contribution < 1.29 is 8.81 Å². The zero-order valence-corrected chi connectivity index (χ0v) is 19.3. The van der Waals surface area contributed by atoms with Crippen molar-refractivity contribution in [2.45, 2.75) is 50.2 Å². The predicted octanol–water partition coefficient (Wildman–Crippen LogP) is 6.55. The van der Waals surface area contributed by atoms with Gasteiger partial charge in [-0.1, -0.05) is 41.3 Å². The van der Waals surface area contributed by atoms with Gasteiger partial charge in [0.25, 0.3) is 0 Å². The van der Waals surface area contributed by atoms with Gasteiger partial charge in [-0.05, 0) is 67.5 Å². The molecule has 1 aromatic carbocycles. The van der Waals surface area contributed by atoms with Gasteiger partial charge in [-0.15, -0.1) is 0 Å². The van der Waals surface area contributed by atoms with E-state index < -0.39 is 0 Å². The maximum absolute atomic E-state index is 14.6. The van der Waals surface area contributed by atoms with Crippen molar-refractivity contribution in [1.82, 2.24) is 15.2 Å². The Labute approximate surface area is 195 Å². The first-order valence-electron chi connectivity index (χ1n) is 10.7. The first kappa shape index (κ1) is 20.6. The number of thiocarbonyl (C=S) groups is 1. The molecule has 0 unspecified atom stereocenters. The average molecular weight is 500 g/mol. The van der Waals surface area contributed by atoms with Crippen LogP contribution in [0.25, 0.3) is 11.3 Å². The van der Waals surface area contributed by atoms with Gasteiger partial charge >= 0.3 is 0 Å². The van der Waals surface area contributed by atoms with E-state index >= 15 is 0 Å². The second-order valence-electron chi connectivity index (χ2n) is 8.15. The van der Waals surface area contributed by atoms with E-state index in [0.29, 0.717) is 21.8 Å². The number of hydrogen-bond acceptors (Lipinski definition) is 3. The summed E-state index contributed by atoms with van der Waals surface area (Å²) in [5, 5.41) is 4.23. The quantitative estimate of drug-likeness (QED) is 0.412. The molecule has 1 aliphatic heterocycles. The lowest BCUT2D eigenvalue weighted by atomic mass is 9.92. The van der Waals surface area contributed by atoms with E-state index in [0.717, 1.165) is 29.4 Å². The summed E-state index contributed by atoms with van der Waals surface area (Å²) < 4.78 is 21.5. The average Bonchev–Trinajstić information content (AvgIpc) is 3.39. The summed E-state index contributed by atoms with van der Waals surface area (Å²) in [6, 6.07) is 14.8. The van der Waals surface area contributed by atoms with Crippen LogP contribution in [-0.4, -0.2) is 21.0 Å². The SMILES string of the molecule is Fc1cc(Br)ccc1-c1ccc([C@@H]2[C@H](c3ccccn3)NC(=S)N2C2CCCCC2)o1. The Morgan fingerprint density at radius 1 is 1.10 bits per heavy atom. The first-order chi connectivity index (χ1) is 15.1. The molecule has 2 aliphatic rings. The van der Waals surface area contributed by atoms with Crippen LogP contribution in [0.15, 0.2) is 63.6 Å². The van der Waals surface area contributed by atoms with Gasteiger partial charge in [-0.25, -0.2) is 4.39 Å². The molecule has 7 heteroatoms. The molecule has 0 amide bonds. The number of hydrogen-bond donors (Lipinski definition) is 1. The number of rotatable bonds is 4. The largest absolute Gasteiger partial charge is 0.459 e. The second-order valence-corrected chi connectivity index (χ2v) is 9.45. The van der Waals surface area contributed by atoms with Crippen molar-refractivity contribution in [2.75, 3.05) is 0 Å². The minimum atomic E-state index is -0.319. The Morgan fingerprint density at radius 2 is 1.94 bits per heavy atom. The Morgan fingerprint density at radius 3 is 2.68 bits per heavy atom. The Balaban J connectivity index is 1.55. The standard InChI is InChI=1S/C24H23BrFN3OS/c25-15-9-10-17(18(26)14-15)20-11-12-21(30-20)23-22(19-8-4-5-13-27-19)28-24(31)29(23)16-6-2-1-3-7-16/h4-5,8-14,16,22-23H,1-3,6-7H2,(H,28,31)/t22-,23+/m0/s1. The highest BCUT2D eigenvalue weighted by molar-refractivity contribution is 9.10. The van der Waals surface area contributed by atoms with Gasteiger partial charge in [0, 0.05) is 16.7 Å². The van der Waals surface area contributed by atoms with Crippen LogP contribution >= 0.6 is 28.1 Å². The van der Waals surface area contributed by atoms with Crippen LogP contribution in [0.5, 0.6) is 0 Å². The zero-order chi connectivity index (χ0) is 21.4. The maximum Gasteiger partial charge on any atom is 0.170 e. The molecule has 0 bridgehead atoms. The third-order valence-corrected chi connectivity index (χ3v) is 7.04. The lowest BCUT2D eigenvalue weighted by Crippen LogP contribution is -2.40. The topological polar surface area (TPSA) is 41.3 Å². The van der Waals surface area contributed by atoms with E-state index in [1.54, 1.807) is 12.3 Å². The molecular weight excluding hydrogens is 477 g/mol. The number of benzene rings is 1. The highest BCUT2D eigenvalue weighted by Crippen LogP contribution is 2.43. The Hall–Kier alpha value is -2.25. The predicted molar refractivity (Wildman–Crippen MR) is 126 cm³/mol. The summed E-state index contributed by atoms with van der Waals surface area (Å²) in [6.07, 6.45) is 7.71. The first-order valence-corrected chi connectivity index (χ1v) is 11.9. The van der Waals surface area contributed by atoms with Gasteiger partial charge in [0.05, 0.1) is 17.3 Å². The molecule has 1 aliphatic carbocycles. The van der Waals surface area contributed by atoms with Crippen LogP contribution < -0.4 is 5.32 Å². The van der Waals surface area contributed by atoms with Gasteiger partial charge in [-0.3, -0.25) is 4.98 Å². The molecule has 1 saturated carbocycles. The molecule has 160 valence electrons. The fraction of sp³-hybridized carbons (Fsp3) is 0.333. The van der Waals surface area contributed by atoms with Gasteiger partial charge in [0.2, 0.25) is 0 Å². The van der Waals surface area contributed by atoms with Crippen molar-refractivity contribution >= 4 is 33.3 Å². The highest BCUT2D eigenvalue weighted by atomic mass is 79.9. The molecule has 31 heavy (non-hydrogen) atoms. The van der Waals surface area contributed by atoms with Crippen LogP contribution in [0.2, 0.25) is 0 Å². The van der Waals surface area contributed by atoms with Crippen LogP contribution in [-0.2, 0) is 0 Å². The van der Waals surface area contributed by atoms with E-state index in [1.807, 2.05) is 36.4 Å². The molecule has 2 aromatic heterocycles. The molecule has 3 heterocycles. The second kappa shape index (κ2) is 8.71. The summed E-state index contributed by atoms with van der Waals surface area (Å²) in [6.45, 7) is 0. The van der Waals surface area contributed by atoms with E-state index in [9.17, 15) is 4.39 Å². The minimum absolute atomic E-state index is 0.121. The van der Waals surface area contributed by atoms with E-state index in [4.69, 9.17) is 16.6 Å². The number of nitrogens with zero attached hydrogens (tertiary/aromatic N) is 2. The summed E-state index contributed by atoms with van der Waals surface area (Å²) in [5.74, 6) is 0.966. The third kappa shape index (κ3) is 4.01. The molecule has 1 N–H and O–H groups in total. The van der Waals surface area contributed by atoms with Crippen molar-refractivity contribution in [3.8, 4) is 11.3 Å². The van der Waals surface area contributed by atoms with Gasteiger partial charge < -0.3 is 14.6 Å². The van der Waals surface area contributed by atoms with Gasteiger partial charge in [0.1, 0.15) is 23.4 Å². The van der Waals surface area contributed by atoms with Gasteiger partial charge in [0.15, 0.2) is 5.11 Å². The van der Waals surface area contributed by atoms with E-state index in [2.05, 4.69) is 31.1 Å². The summed E-state index contributed by atoms with van der Waals surface area (Å²) in [4.78, 5) is 6.88. The summed E-state index contributed by atoms with van der Waals surface area (Å²) in [7, 11) is 0. The van der Waals surface area contributed by atoms with E-state index in [-0.39, 0.29) is 17.9 Å². The molecule has 4 nitrogen and oxygen atoms in total. The van der Waals surface area contributed by atoms with Gasteiger partial charge in [-0.2, -0.15) is 0 Å². The zero-order valence-electron chi connectivity index (χ0n) is 16.9. The maximum atomic E-state index is 14.6. The fourth-order valence-corrected chi connectivity index (χ4v) is 5.49. The van der Waals surface area contributed by atoms with Crippen molar-refractivity contribution in [2.24, 2.45) is 0 Å². The molecule has 2 fully saturated rings.